The van der Waals surface area contributed by atoms with Crippen LogP contribution in [-0.2, 0) is 4.79 Å². The van der Waals surface area contributed by atoms with E-state index in [0.29, 0.717) is 12.8 Å². The van der Waals surface area contributed by atoms with Gasteiger partial charge in [-0.2, -0.15) is 0 Å². The van der Waals surface area contributed by atoms with Crippen molar-refractivity contribution in [2.75, 3.05) is 0 Å². The number of aliphatic hydroxyl groups is 2. The Labute approximate surface area is 139 Å². The molecular formula is C20H30O3. The number of ketones is 1. The highest BCUT2D eigenvalue weighted by atomic mass is 16.3. The van der Waals surface area contributed by atoms with Gasteiger partial charge < -0.3 is 10.2 Å². The number of fused-ring (bicyclic) bond motifs is 2. The summed E-state index contributed by atoms with van der Waals surface area (Å²) >= 11 is 0. The second-order valence-corrected chi connectivity index (χ2v) is 9.04. The lowest BCUT2D eigenvalue weighted by molar-refractivity contribution is -0.158. The van der Waals surface area contributed by atoms with Crippen molar-refractivity contribution >= 4 is 5.78 Å². The van der Waals surface area contributed by atoms with Crippen LogP contribution in [0, 0.1) is 22.2 Å². The molecule has 0 aromatic rings. The van der Waals surface area contributed by atoms with E-state index in [1.807, 2.05) is 19.9 Å². The molecule has 0 aliphatic heterocycles. The highest BCUT2D eigenvalue weighted by molar-refractivity contribution is 5.98. The Morgan fingerprint density at radius 2 is 1.83 bits per heavy atom. The van der Waals surface area contributed by atoms with Gasteiger partial charge >= 0.3 is 0 Å². The van der Waals surface area contributed by atoms with Gasteiger partial charge in [-0.25, -0.2) is 0 Å². The van der Waals surface area contributed by atoms with Crippen molar-refractivity contribution in [1.82, 2.24) is 0 Å². The SMILES string of the molecule is C=C[C@@]1(C)CCC2=C(C1)C(=O)C[C@H]1C(C)(C)[C@H](O)C[C@@H](O)[C@]21C. The number of Topliss-reactive ketones (excluding diaryl/α,β-unsaturated/α-hetero) is 1. The maximum absolute atomic E-state index is 12.9. The summed E-state index contributed by atoms with van der Waals surface area (Å²) in [6.45, 7) is 12.3. The molecule has 0 amide bonds. The third-order valence-corrected chi connectivity index (χ3v) is 7.38. The van der Waals surface area contributed by atoms with Crippen LogP contribution in [0.25, 0.3) is 0 Å². The molecule has 0 saturated heterocycles. The minimum absolute atomic E-state index is 0.00640. The van der Waals surface area contributed by atoms with Crippen LogP contribution >= 0.6 is 0 Å². The topological polar surface area (TPSA) is 57.5 Å². The summed E-state index contributed by atoms with van der Waals surface area (Å²) in [6.07, 6.45) is 4.22. The predicted molar refractivity (Wildman–Crippen MR) is 90.8 cm³/mol. The van der Waals surface area contributed by atoms with Gasteiger partial charge in [-0.1, -0.05) is 39.3 Å². The van der Waals surface area contributed by atoms with E-state index in [-0.39, 0.29) is 22.5 Å². The summed E-state index contributed by atoms with van der Waals surface area (Å²) in [6, 6.07) is 0. The molecule has 23 heavy (non-hydrogen) atoms. The Morgan fingerprint density at radius 1 is 1.17 bits per heavy atom. The van der Waals surface area contributed by atoms with Crippen molar-refractivity contribution < 1.29 is 15.0 Å². The van der Waals surface area contributed by atoms with Crippen molar-refractivity contribution in [3.05, 3.63) is 23.8 Å². The van der Waals surface area contributed by atoms with Gasteiger partial charge in [-0.05, 0) is 41.6 Å². The molecule has 128 valence electrons. The molecule has 3 rings (SSSR count). The molecule has 3 aliphatic carbocycles. The smallest absolute Gasteiger partial charge is 0.159 e. The molecule has 0 heterocycles. The van der Waals surface area contributed by atoms with Crippen LogP contribution in [0.2, 0.25) is 0 Å². The van der Waals surface area contributed by atoms with Gasteiger partial charge in [0.2, 0.25) is 0 Å². The van der Waals surface area contributed by atoms with Crippen LogP contribution < -0.4 is 0 Å². The standard InChI is InChI=1S/C20H30O3/c1-6-19(4)8-7-13-12(11-19)14(21)9-15-18(2,3)16(22)10-17(23)20(13,15)5/h6,15-17,22-23H,1,7-11H2,2-5H3/t15-,16+,17+,19-,20+/m0/s1. The quantitative estimate of drug-likeness (QED) is 0.729. The van der Waals surface area contributed by atoms with Crippen LogP contribution in [0.4, 0.5) is 0 Å². The van der Waals surface area contributed by atoms with Crippen LogP contribution in [0.15, 0.2) is 23.8 Å². The van der Waals surface area contributed by atoms with Crippen molar-refractivity contribution in [2.45, 2.75) is 72.0 Å². The number of hydrogen-bond acceptors (Lipinski definition) is 3. The van der Waals surface area contributed by atoms with Crippen molar-refractivity contribution in [1.29, 1.82) is 0 Å². The molecule has 0 radical (unpaired) electrons. The molecule has 2 N–H and O–H groups in total. The normalized spacial score (nSPS) is 46.2. The molecule has 0 aromatic carbocycles. The second-order valence-electron chi connectivity index (χ2n) is 9.04. The van der Waals surface area contributed by atoms with Crippen molar-refractivity contribution in [3.63, 3.8) is 0 Å². The Bertz CT molecular complexity index is 588. The van der Waals surface area contributed by atoms with Gasteiger partial charge in [0, 0.05) is 18.3 Å². The van der Waals surface area contributed by atoms with E-state index in [2.05, 4.69) is 20.4 Å². The maximum atomic E-state index is 12.9. The van der Waals surface area contributed by atoms with Gasteiger partial charge in [-0.15, -0.1) is 6.58 Å². The fraction of sp³-hybridized carbons (Fsp3) is 0.750. The van der Waals surface area contributed by atoms with Gasteiger partial charge in [0.15, 0.2) is 5.78 Å². The number of carbonyl (C=O) groups excluding carboxylic acids is 1. The Hall–Kier alpha value is -0.930. The predicted octanol–water partition coefficient (Wildman–Crippen LogP) is 3.41. The van der Waals surface area contributed by atoms with Crippen LogP contribution in [0.5, 0.6) is 0 Å². The van der Waals surface area contributed by atoms with E-state index < -0.39 is 17.6 Å². The molecule has 1 fully saturated rings. The average Bonchev–Trinajstić information content (AvgIpc) is 2.49. The summed E-state index contributed by atoms with van der Waals surface area (Å²) in [5.41, 5.74) is 1.32. The molecule has 3 heteroatoms. The molecule has 0 spiro atoms. The first-order chi connectivity index (χ1) is 10.6. The van der Waals surface area contributed by atoms with Crippen LogP contribution in [-0.4, -0.2) is 28.2 Å². The maximum Gasteiger partial charge on any atom is 0.159 e. The van der Waals surface area contributed by atoms with Crippen LogP contribution in [0.3, 0.4) is 0 Å². The molecule has 5 atom stereocenters. The third-order valence-electron chi connectivity index (χ3n) is 7.38. The van der Waals surface area contributed by atoms with E-state index >= 15 is 0 Å². The summed E-state index contributed by atoms with van der Waals surface area (Å²) in [7, 11) is 0. The summed E-state index contributed by atoms with van der Waals surface area (Å²) < 4.78 is 0. The van der Waals surface area contributed by atoms with Gasteiger partial charge in [0.25, 0.3) is 0 Å². The minimum atomic E-state index is -0.582. The molecule has 3 nitrogen and oxygen atoms in total. The monoisotopic (exact) mass is 318 g/mol. The third kappa shape index (κ3) is 2.20. The Balaban J connectivity index is 2.13. The lowest BCUT2D eigenvalue weighted by Crippen LogP contribution is -2.60. The van der Waals surface area contributed by atoms with E-state index in [1.165, 1.54) is 0 Å². The number of hydrogen-bond donors (Lipinski definition) is 2. The molecule has 3 aliphatic rings. The fourth-order valence-electron chi connectivity index (χ4n) is 5.39. The fourth-order valence-corrected chi connectivity index (χ4v) is 5.39. The summed E-state index contributed by atoms with van der Waals surface area (Å²) in [5, 5.41) is 21.3. The second kappa shape index (κ2) is 5.03. The lowest BCUT2D eigenvalue weighted by atomic mass is 9.46. The zero-order valence-corrected chi connectivity index (χ0v) is 14.9. The largest absolute Gasteiger partial charge is 0.392 e. The lowest BCUT2D eigenvalue weighted by Gasteiger charge is -2.59. The van der Waals surface area contributed by atoms with Gasteiger partial charge in [-0.3, -0.25) is 4.79 Å². The van der Waals surface area contributed by atoms with E-state index in [9.17, 15) is 15.0 Å². The zero-order valence-electron chi connectivity index (χ0n) is 14.9. The summed E-state index contributed by atoms with van der Waals surface area (Å²) in [5.74, 6) is 0.206. The van der Waals surface area contributed by atoms with Gasteiger partial charge in [0.1, 0.15) is 0 Å². The van der Waals surface area contributed by atoms with Gasteiger partial charge in [0.05, 0.1) is 12.2 Å². The Kier molecular flexibility index (Phi) is 3.70. The van der Waals surface area contributed by atoms with E-state index in [0.717, 1.165) is 30.4 Å². The first-order valence-corrected chi connectivity index (χ1v) is 8.81. The highest BCUT2D eigenvalue weighted by Crippen LogP contribution is 2.62. The highest BCUT2D eigenvalue weighted by Gasteiger charge is 2.60. The number of rotatable bonds is 1. The molecular weight excluding hydrogens is 288 g/mol. The van der Waals surface area contributed by atoms with E-state index in [4.69, 9.17) is 0 Å². The molecule has 0 bridgehead atoms. The first-order valence-electron chi connectivity index (χ1n) is 8.81. The van der Waals surface area contributed by atoms with E-state index in [1.54, 1.807) is 0 Å². The molecule has 0 unspecified atom stereocenters. The molecule has 1 saturated carbocycles. The Morgan fingerprint density at radius 3 is 2.43 bits per heavy atom. The summed E-state index contributed by atoms with van der Waals surface area (Å²) in [4.78, 5) is 12.9. The number of carbonyl (C=O) groups is 1. The van der Waals surface area contributed by atoms with Crippen LogP contribution in [0.1, 0.15) is 59.8 Å². The first kappa shape index (κ1) is 16.9. The molecule has 0 aromatic heterocycles. The minimum Gasteiger partial charge on any atom is -0.392 e. The van der Waals surface area contributed by atoms with Crippen molar-refractivity contribution in [3.8, 4) is 0 Å². The van der Waals surface area contributed by atoms with Crippen molar-refractivity contribution in [2.24, 2.45) is 22.2 Å². The number of allylic oxidation sites excluding steroid dienone is 2. The average molecular weight is 318 g/mol. The number of aliphatic hydroxyl groups excluding tert-OH is 2. The zero-order chi connectivity index (χ0) is 17.2.